The maximum absolute atomic E-state index is 13.2. The Morgan fingerprint density at radius 1 is 0.973 bits per heavy atom. The summed E-state index contributed by atoms with van der Waals surface area (Å²) in [5, 5.41) is 12.0. The van der Waals surface area contributed by atoms with Crippen molar-refractivity contribution in [3.05, 3.63) is 58.1 Å². The van der Waals surface area contributed by atoms with Gasteiger partial charge in [-0.3, -0.25) is 14.9 Å². The summed E-state index contributed by atoms with van der Waals surface area (Å²) in [7, 11) is 5.95. The second-order valence-electron chi connectivity index (χ2n) is 11.0. The molecule has 2 aromatic carbocycles. The normalized spacial score (nSPS) is 19.6. The fraction of sp³-hybridized carbons (Fsp3) is 0.552. The topological polar surface area (TPSA) is 96.0 Å². The Hall–Kier alpha value is -2.97. The van der Waals surface area contributed by atoms with Gasteiger partial charge in [0.15, 0.2) is 0 Å². The summed E-state index contributed by atoms with van der Waals surface area (Å²) in [5.74, 6) is 0.437. The molecule has 0 heterocycles. The van der Waals surface area contributed by atoms with Gasteiger partial charge in [-0.25, -0.2) is 0 Å². The maximum Gasteiger partial charge on any atom is 0.293 e. The zero-order chi connectivity index (χ0) is 26.5. The van der Waals surface area contributed by atoms with Crippen molar-refractivity contribution in [3.63, 3.8) is 0 Å². The van der Waals surface area contributed by atoms with Crippen LogP contribution in [0.15, 0.2) is 42.5 Å². The monoisotopic (exact) mass is 507 g/mol. The lowest BCUT2D eigenvalue weighted by Gasteiger charge is -2.36. The number of hydrogen-bond donors (Lipinski definition) is 1. The van der Waals surface area contributed by atoms with Gasteiger partial charge in [-0.1, -0.05) is 24.3 Å². The maximum atomic E-state index is 13.2. The molecule has 2 saturated carbocycles. The minimum atomic E-state index is -0.297. The van der Waals surface area contributed by atoms with E-state index in [1.807, 2.05) is 56.4 Å². The molecule has 0 radical (unpaired) electrons. The lowest BCUT2D eigenvalue weighted by atomic mass is 9.90. The molecule has 200 valence electrons. The van der Waals surface area contributed by atoms with Crippen molar-refractivity contribution in [1.82, 2.24) is 9.80 Å². The fourth-order valence-corrected chi connectivity index (χ4v) is 5.33. The van der Waals surface area contributed by atoms with Crippen molar-refractivity contribution in [3.8, 4) is 11.1 Å². The van der Waals surface area contributed by atoms with Crippen LogP contribution in [0.1, 0.15) is 50.5 Å². The van der Waals surface area contributed by atoms with Crippen LogP contribution in [0.4, 0.5) is 11.4 Å². The van der Waals surface area contributed by atoms with E-state index in [0.29, 0.717) is 12.2 Å². The van der Waals surface area contributed by atoms with E-state index in [0.717, 1.165) is 74.7 Å². The number of rotatable bonds is 11. The second-order valence-corrected chi connectivity index (χ2v) is 11.0. The van der Waals surface area contributed by atoms with Crippen molar-refractivity contribution < 1.29 is 9.72 Å². The molecule has 2 N–H and O–H groups in total. The third kappa shape index (κ3) is 7.08. The summed E-state index contributed by atoms with van der Waals surface area (Å²) in [6.45, 7) is 2.24. The molecule has 37 heavy (non-hydrogen) atoms. The molecule has 0 aliphatic heterocycles. The number of nitro benzene ring substituents is 1. The Labute approximate surface area is 220 Å². The van der Waals surface area contributed by atoms with Crippen LogP contribution in [0, 0.1) is 16.0 Å². The molecule has 4 rings (SSSR count). The molecule has 8 heteroatoms. The molecule has 2 aromatic rings. The summed E-state index contributed by atoms with van der Waals surface area (Å²) < 4.78 is 0. The largest absolute Gasteiger partial charge is 0.369 e. The van der Waals surface area contributed by atoms with E-state index < -0.39 is 0 Å². The van der Waals surface area contributed by atoms with E-state index in [1.165, 1.54) is 0 Å². The number of anilines is 1. The quantitative estimate of drug-likeness (QED) is 0.351. The summed E-state index contributed by atoms with van der Waals surface area (Å²) in [4.78, 5) is 31.0. The Morgan fingerprint density at radius 2 is 1.68 bits per heavy atom. The lowest BCUT2D eigenvalue weighted by molar-refractivity contribution is -0.384. The van der Waals surface area contributed by atoms with Gasteiger partial charge in [-0.2, -0.15) is 0 Å². The molecule has 0 saturated heterocycles. The van der Waals surface area contributed by atoms with Crippen molar-refractivity contribution in [2.75, 3.05) is 39.1 Å². The van der Waals surface area contributed by atoms with Crippen LogP contribution in [0.3, 0.4) is 0 Å². The minimum Gasteiger partial charge on any atom is -0.369 e. The van der Waals surface area contributed by atoms with Crippen LogP contribution >= 0.6 is 0 Å². The number of benzene rings is 2. The van der Waals surface area contributed by atoms with Gasteiger partial charge in [0, 0.05) is 44.2 Å². The molecule has 0 spiro atoms. The number of carbonyl (C=O) groups excluding carboxylic acids is 1. The molecule has 2 aliphatic carbocycles. The van der Waals surface area contributed by atoms with Crippen LogP contribution in [0.2, 0.25) is 0 Å². The van der Waals surface area contributed by atoms with Gasteiger partial charge in [0.1, 0.15) is 5.69 Å². The standard InChI is InChI=1S/C29H41N5O3/c1-31(2)16-5-17-32(3)27-15-10-24(19-28(27)34(36)37)23-7-4-6-21(18-23)20-33(29(35)22-8-9-22)26-13-11-25(30)12-14-26/h4,6-7,10,15,18-19,22,25-26H,5,8-9,11-14,16-17,20,30H2,1-3H3. The van der Waals surface area contributed by atoms with E-state index in [2.05, 4.69) is 15.9 Å². The predicted molar refractivity (Wildman–Crippen MR) is 148 cm³/mol. The third-order valence-corrected chi connectivity index (χ3v) is 7.69. The van der Waals surface area contributed by atoms with E-state index in [1.54, 1.807) is 6.07 Å². The zero-order valence-electron chi connectivity index (χ0n) is 22.4. The predicted octanol–water partition coefficient (Wildman–Crippen LogP) is 4.66. The fourth-order valence-electron chi connectivity index (χ4n) is 5.33. The average Bonchev–Trinajstić information content (AvgIpc) is 3.73. The van der Waals surface area contributed by atoms with E-state index in [4.69, 9.17) is 5.73 Å². The van der Waals surface area contributed by atoms with Crippen molar-refractivity contribution in [2.45, 2.75) is 63.6 Å². The minimum absolute atomic E-state index is 0.110. The van der Waals surface area contributed by atoms with Gasteiger partial charge in [0.2, 0.25) is 5.91 Å². The number of nitrogens with zero attached hydrogens (tertiary/aromatic N) is 4. The highest BCUT2D eigenvalue weighted by Gasteiger charge is 2.37. The van der Waals surface area contributed by atoms with Gasteiger partial charge < -0.3 is 20.4 Å². The smallest absolute Gasteiger partial charge is 0.293 e. The Kier molecular flexibility index (Phi) is 8.82. The van der Waals surface area contributed by atoms with Crippen LogP contribution in [0.25, 0.3) is 11.1 Å². The molecular weight excluding hydrogens is 466 g/mol. The first-order valence-electron chi connectivity index (χ1n) is 13.5. The number of carbonyl (C=O) groups is 1. The van der Waals surface area contributed by atoms with Crippen molar-refractivity contribution >= 4 is 17.3 Å². The zero-order valence-corrected chi connectivity index (χ0v) is 22.4. The Balaban J connectivity index is 1.54. The molecule has 0 aromatic heterocycles. The van der Waals surface area contributed by atoms with Gasteiger partial charge in [0.05, 0.1) is 4.92 Å². The molecule has 0 bridgehead atoms. The summed E-state index contributed by atoms with van der Waals surface area (Å²) in [6, 6.07) is 14.0. The average molecular weight is 508 g/mol. The highest BCUT2D eigenvalue weighted by Crippen LogP contribution is 2.36. The van der Waals surface area contributed by atoms with Crippen LogP contribution in [-0.2, 0) is 11.3 Å². The Morgan fingerprint density at radius 3 is 2.32 bits per heavy atom. The molecule has 0 unspecified atom stereocenters. The van der Waals surface area contributed by atoms with Crippen LogP contribution < -0.4 is 10.6 Å². The van der Waals surface area contributed by atoms with Gasteiger partial charge in [-0.05, 0) is 94.4 Å². The number of hydrogen-bond acceptors (Lipinski definition) is 6. The first kappa shape index (κ1) is 27.1. The van der Waals surface area contributed by atoms with Crippen molar-refractivity contribution in [1.29, 1.82) is 0 Å². The number of amides is 1. The number of nitro groups is 1. The summed E-state index contributed by atoms with van der Waals surface area (Å²) >= 11 is 0. The van der Waals surface area contributed by atoms with Crippen LogP contribution in [-0.4, -0.2) is 66.9 Å². The first-order valence-corrected chi connectivity index (χ1v) is 13.5. The molecular formula is C29H41N5O3. The Bertz CT molecular complexity index is 1090. The molecule has 2 aliphatic rings. The van der Waals surface area contributed by atoms with Gasteiger partial charge in [0.25, 0.3) is 5.69 Å². The highest BCUT2D eigenvalue weighted by molar-refractivity contribution is 5.81. The SMILES string of the molecule is CN(C)CCCN(C)c1ccc(-c2cccc(CN(C(=O)C3CC3)C3CCC(N)CC3)c2)cc1[N+](=O)[O-]. The third-order valence-electron chi connectivity index (χ3n) is 7.69. The molecule has 2 fully saturated rings. The molecule has 1 amide bonds. The molecule has 8 nitrogen and oxygen atoms in total. The van der Waals surface area contributed by atoms with Gasteiger partial charge in [-0.15, -0.1) is 0 Å². The molecule has 0 atom stereocenters. The van der Waals surface area contributed by atoms with Crippen molar-refractivity contribution in [2.24, 2.45) is 11.7 Å². The second kappa shape index (κ2) is 12.0. The van der Waals surface area contributed by atoms with Gasteiger partial charge >= 0.3 is 0 Å². The van der Waals surface area contributed by atoms with Crippen LogP contribution in [0.5, 0.6) is 0 Å². The highest BCUT2D eigenvalue weighted by atomic mass is 16.6. The lowest BCUT2D eigenvalue weighted by Crippen LogP contribution is -2.44. The summed E-state index contributed by atoms with van der Waals surface area (Å²) in [5.41, 5.74) is 9.64. The van der Waals surface area contributed by atoms with E-state index in [-0.39, 0.29) is 34.5 Å². The van der Waals surface area contributed by atoms with E-state index in [9.17, 15) is 14.9 Å². The first-order chi connectivity index (χ1) is 17.7. The number of nitrogens with two attached hydrogens (primary N) is 1. The summed E-state index contributed by atoms with van der Waals surface area (Å²) in [6.07, 6.45) is 6.72. The van der Waals surface area contributed by atoms with E-state index >= 15 is 0 Å².